The van der Waals surface area contributed by atoms with Crippen molar-refractivity contribution in [2.24, 2.45) is 5.73 Å². The van der Waals surface area contributed by atoms with Crippen molar-refractivity contribution < 1.29 is 13.5 Å². The molecule has 1 fully saturated rings. The van der Waals surface area contributed by atoms with E-state index in [1.165, 1.54) is 0 Å². The number of hydrogen-bond acceptors (Lipinski definition) is 2. The summed E-state index contributed by atoms with van der Waals surface area (Å²) >= 11 is 0. The van der Waals surface area contributed by atoms with Gasteiger partial charge in [-0.25, -0.2) is 8.78 Å². The predicted molar refractivity (Wildman–Crippen MR) is 71.9 cm³/mol. The molecule has 0 aliphatic heterocycles. The fourth-order valence-corrected chi connectivity index (χ4v) is 2.91. The fourth-order valence-electron chi connectivity index (χ4n) is 2.91. The second kappa shape index (κ2) is 5.08. The highest BCUT2D eigenvalue weighted by Crippen LogP contribution is 2.47. The Morgan fingerprint density at radius 1 is 1.21 bits per heavy atom. The molecule has 0 spiro atoms. The zero-order chi connectivity index (χ0) is 14.1. The monoisotopic (exact) mass is 269 g/mol. The van der Waals surface area contributed by atoms with Gasteiger partial charge in [0.05, 0.1) is 7.11 Å². The Bertz CT molecular complexity index is 449. The van der Waals surface area contributed by atoms with E-state index in [-0.39, 0.29) is 18.3 Å². The van der Waals surface area contributed by atoms with Gasteiger partial charge in [0.25, 0.3) is 0 Å². The van der Waals surface area contributed by atoms with Crippen LogP contribution in [-0.2, 0) is 5.41 Å². The van der Waals surface area contributed by atoms with Crippen molar-refractivity contribution >= 4 is 0 Å². The number of nitrogens with two attached hydrogens (primary N) is 1. The topological polar surface area (TPSA) is 35.2 Å². The van der Waals surface area contributed by atoms with E-state index >= 15 is 0 Å². The summed E-state index contributed by atoms with van der Waals surface area (Å²) in [6.45, 7) is 2.37. The van der Waals surface area contributed by atoms with E-state index in [1.807, 2.05) is 25.1 Å². The first-order valence-electron chi connectivity index (χ1n) is 6.65. The molecule has 19 heavy (non-hydrogen) atoms. The highest BCUT2D eigenvalue weighted by atomic mass is 19.3. The molecule has 2 nitrogen and oxygen atoms in total. The maximum atomic E-state index is 13.4. The van der Waals surface area contributed by atoms with Gasteiger partial charge in [-0.2, -0.15) is 0 Å². The van der Waals surface area contributed by atoms with E-state index < -0.39 is 5.92 Å². The molecule has 2 rings (SSSR count). The molecule has 4 heteroatoms. The molecule has 0 bridgehead atoms. The second-order valence-electron chi connectivity index (χ2n) is 5.54. The van der Waals surface area contributed by atoms with Crippen molar-refractivity contribution in [1.82, 2.24) is 0 Å². The van der Waals surface area contributed by atoms with Gasteiger partial charge in [-0.1, -0.05) is 17.7 Å². The molecule has 0 amide bonds. The Labute approximate surface area is 112 Å². The lowest BCUT2D eigenvalue weighted by atomic mass is 9.68. The van der Waals surface area contributed by atoms with E-state index in [1.54, 1.807) is 7.11 Å². The van der Waals surface area contributed by atoms with E-state index in [0.29, 0.717) is 19.4 Å². The maximum absolute atomic E-state index is 13.4. The molecule has 0 heterocycles. The molecule has 0 radical (unpaired) electrons. The molecule has 1 aliphatic carbocycles. The summed E-state index contributed by atoms with van der Waals surface area (Å²) in [6.07, 6.45) is 0.634. The van der Waals surface area contributed by atoms with Crippen molar-refractivity contribution in [3.8, 4) is 5.75 Å². The quantitative estimate of drug-likeness (QED) is 0.912. The van der Waals surface area contributed by atoms with Crippen LogP contribution in [0.1, 0.15) is 36.8 Å². The summed E-state index contributed by atoms with van der Waals surface area (Å²) in [5.41, 5.74) is 7.63. The lowest BCUT2D eigenvalue weighted by Crippen LogP contribution is -2.42. The van der Waals surface area contributed by atoms with Crippen molar-refractivity contribution in [2.45, 2.75) is 43.9 Å². The van der Waals surface area contributed by atoms with Gasteiger partial charge in [0.1, 0.15) is 5.75 Å². The van der Waals surface area contributed by atoms with Crippen molar-refractivity contribution in [2.75, 3.05) is 13.7 Å². The van der Waals surface area contributed by atoms with Gasteiger partial charge < -0.3 is 10.5 Å². The standard InChI is InChI=1S/C15H21F2NO/c1-11-3-4-13(19-2)12(9-11)14(10-18)5-7-15(16,17)8-6-14/h3-4,9H,5-8,10,18H2,1-2H3. The number of methoxy groups -OCH3 is 1. The largest absolute Gasteiger partial charge is 0.496 e. The van der Waals surface area contributed by atoms with Crippen LogP contribution in [0, 0.1) is 6.92 Å². The first-order chi connectivity index (χ1) is 8.92. The number of rotatable bonds is 3. The van der Waals surface area contributed by atoms with Crippen molar-refractivity contribution in [3.05, 3.63) is 29.3 Å². The second-order valence-corrected chi connectivity index (χ2v) is 5.54. The van der Waals surface area contributed by atoms with Gasteiger partial charge in [-0.05, 0) is 25.8 Å². The molecule has 0 aromatic heterocycles. The number of halogens is 2. The number of alkyl halides is 2. The van der Waals surface area contributed by atoms with Gasteiger partial charge in [-0.15, -0.1) is 0 Å². The minimum atomic E-state index is -2.55. The first kappa shape index (κ1) is 14.3. The Balaban J connectivity index is 2.39. The van der Waals surface area contributed by atoms with E-state index in [9.17, 15) is 8.78 Å². The molecule has 0 atom stereocenters. The van der Waals surface area contributed by atoms with Crippen molar-refractivity contribution in [3.63, 3.8) is 0 Å². The summed E-state index contributed by atoms with van der Waals surface area (Å²) in [6, 6.07) is 5.88. The number of ether oxygens (including phenoxy) is 1. The van der Waals surface area contributed by atoms with Crippen LogP contribution >= 0.6 is 0 Å². The molecule has 1 aliphatic rings. The molecule has 0 unspecified atom stereocenters. The minimum Gasteiger partial charge on any atom is -0.496 e. The van der Waals surface area contributed by atoms with Gasteiger partial charge >= 0.3 is 0 Å². The Morgan fingerprint density at radius 2 is 1.84 bits per heavy atom. The molecule has 2 N–H and O–H groups in total. The summed E-state index contributed by atoms with van der Waals surface area (Å²) in [7, 11) is 1.61. The minimum absolute atomic E-state index is 0.0959. The van der Waals surface area contributed by atoms with Crippen LogP contribution in [-0.4, -0.2) is 19.6 Å². The average molecular weight is 269 g/mol. The summed E-state index contributed by atoms with van der Waals surface area (Å²) in [4.78, 5) is 0. The molecule has 106 valence electrons. The van der Waals surface area contributed by atoms with Crippen LogP contribution in [0.25, 0.3) is 0 Å². The molecule has 1 aromatic rings. The predicted octanol–water partition coefficient (Wildman–Crippen LogP) is 3.41. The maximum Gasteiger partial charge on any atom is 0.248 e. The number of benzene rings is 1. The van der Waals surface area contributed by atoms with Crippen LogP contribution in [0.5, 0.6) is 5.75 Å². The fraction of sp³-hybridized carbons (Fsp3) is 0.600. The van der Waals surface area contributed by atoms with Crippen molar-refractivity contribution in [1.29, 1.82) is 0 Å². The zero-order valence-corrected chi connectivity index (χ0v) is 11.5. The molecular formula is C15H21F2NO. The normalized spacial score (nSPS) is 21.1. The third-order valence-electron chi connectivity index (χ3n) is 4.26. The lowest BCUT2D eigenvalue weighted by Gasteiger charge is -2.40. The van der Waals surface area contributed by atoms with E-state index in [2.05, 4.69) is 0 Å². The zero-order valence-electron chi connectivity index (χ0n) is 11.5. The van der Waals surface area contributed by atoms with Gasteiger partial charge in [0.15, 0.2) is 0 Å². The summed E-state index contributed by atoms with van der Waals surface area (Å²) < 4.78 is 32.2. The van der Waals surface area contributed by atoms with Crippen LogP contribution in [0.3, 0.4) is 0 Å². The first-order valence-corrected chi connectivity index (χ1v) is 6.65. The Morgan fingerprint density at radius 3 is 2.37 bits per heavy atom. The summed E-state index contributed by atoms with van der Waals surface area (Å²) in [5.74, 6) is -1.79. The highest BCUT2D eigenvalue weighted by Gasteiger charge is 2.44. The summed E-state index contributed by atoms with van der Waals surface area (Å²) in [5, 5.41) is 0. The van der Waals surface area contributed by atoms with Gasteiger partial charge in [0.2, 0.25) is 5.92 Å². The third kappa shape index (κ3) is 2.73. The third-order valence-corrected chi connectivity index (χ3v) is 4.26. The molecular weight excluding hydrogens is 248 g/mol. The Hall–Kier alpha value is -1.16. The molecule has 1 aromatic carbocycles. The molecule has 0 saturated heterocycles. The highest BCUT2D eigenvalue weighted by molar-refractivity contribution is 5.43. The van der Waals surface area contributed by atoms with Gasteiger partial charge in [0, 0.05) is 30.4 Å². The van der Waals surface area contributed by atoms with E-state index in [4.69, 9.17) is 10.5 Å². The molecule has 1 saturated carbocycles. The lowest BCUT2D eigenvalue weighted by molar-refractivity contribution is -0.0511. The van der Waals surface area contributed by atoms with Crippen LogP contribution in [0.4, 0.5) is 8.78 Å². The van der Waals surface area contributed by atoms with Crippen LogP contribution in [0.2, 0.25) is 0 Å². The van der Waals surface area contributed by atoms with Crippen LogP contribution < -0.4 is 10.5 Å². The van der Waals surface area contributed by atoms with E-state index in [0.717, 1.165) is 16.9 Å². The number of aryl methyl sites for hydroxylation is 1. The van der Waals surface area contributed by atoms with Gasteiger partial charge in [-0.3, -0.25) is 0 Å². The Kier molecular flexibility index (Phi) is 3.81. The SMILES string of the molecule is COc1ccc(C)cc1C1(CN)CCC(F)(F)CC1. The average Bonchev–Trinajstić information content (AvgIpc) is 2.39. The van der Waals surface area contributed by atoms with Crippen LogP contribution in [0.15, 0.2) is 18.2 Å². The smallest absolute Gasteiger partial charge is 0.248 e. The number of hydrogen-bond donors (Lipinski definition) is 1.